The van der Waals surface area contributed by atoms with Crippen LogP contribution in [0, 0.1) is 12.3 Å². The molecule has 0 spiro atoms. The number of hydrogen-bond acceptors (Lipinski definition) is 2. The van der Waals surface area contributed by atoms with Crippen molar-refractivity contribution >= 4 is 5.69 Å². The van der Waals surface area contributed by atoms with Crippen molar-refractivity contribution in [1.29, 1.82) is 0 Å². The fraction of sp³-hybridized carbons (Fsp3) is 0.600. The smallest absolute Gasteiger partial charge is 0.0606 e. The van der Waals surface area contributed by atoms with E-state index >= 15 is 0 Å². The molecule has 0 heterocycles. The van der Waals surface area contributed by atoms with Crippen molar-refractivity contribution in [2.75, 3.05) is 24.6 Å². The summed E-state index contributed by atoms with van der Waals surface area (Å²) in [7, 11) is 0. The predicted octanol–water partition coefficient (Wildman–Crippen LogP) is 3.23. The van der Waals surface area contributed by atoms with Gasteiger partial charge in [-0.3, -0.25) is 0 Å². The van der Waals surface area contributed by atoms with Crippen molar-refractivity contribution in [3.8, 4) is 0 Å². The highest BCUT2D eigenvalue weighted by Crippen LogP contribution is 2.22. The van der Waals surface area contributed by atoms with Gasteiger partial charge in [0, 0.05) is 18.8 Å². The summed E-state index contributed by atoms with van der Waals surface area (Å²) in [6, 6.07) is 8.47. The summed E-state index contributed by atoms with van der Waals surface area (Å²) in [5.41, 5.74) is 2.81. The number of nitrogens with zero attached hydrogens (tertiary/aromatic N) is 1. The van der Waals surface area contributed by atoms with Crippen molar-refractivity contribution in [3.05, 3.63) is 29.8 Å². The van der Waals surface area contributed by atoms with Crippen molar-refractivity contribution in [3.63, 3.8) is 0 Å². The van der Waals surface area contributed by atoms with Crippen molar-refractivity contribution in [2.45, 2.75) is 34.1 Å². The third kappa shape index (κ3) is 5.22. The number of rotatable bonds is 5. The highest BCUT2D eigenvalue weighted by molar-refractivity contribution is 5.48. The molecule has 17 heavy (non-hydrogen) atoms. The maximum absolute atomic E-state index is 9.16. The van der Waals surface area contributed by atoms with Gasteiger partial charge in [-0.25, -0.2) is 0 Å². The second-order valence-corrected chi connectivity index (χ2v) is 5.86. The van der Waals surface area contributed by atoms with Crippen molar-refractivity contribution in [2.24, 2.45) is 5.41 Å². The molecule has 2 heteroatoms. The van der Waals surface area contributed by atoms with E-state index in [4.69, 9.17) is 5.11 Å². The summed E-state index contributed by atoms with van der Waals surface area (Å²) in [6.07, 6.45) is 1.13. The summed E-state index contributed by atoms with van der Waals surface area (Å²) < 4.78 is 0. The van der Waals surface area contributed by atoms with E-state index in [0.717, 1.165) is 13.0 Å². The standard InChI is InChI=1S/C15H25NO/c1-13-6-5-7-14(12-13)16(10-11-17)9-8-15(2,3)4/h5-7,12,17H,8-11H2,1-4H3. The lowest BCUT2D eigenvalue weighted by Gasteiger charge is -2.28. The Balaban J connectivity index is 2.71. The number of benzene rings is 1. The van der Waals surface area contributed by atoms with Crippen LogP contribution < -0.4 is 4.90 Å². The molecule has 0 saturated carbocycles. The van der Waals surface area contributed by atoms with E-state index in [1.54, 1.807) is 0 Å². The minimum atomic E-state index is 0.206. The molecular weight excluding hydrogens is 210 g/mol. The third-order valence-electron chi connectivity index (χ3n) is 2.87. The Hall–Kier alpha value is -1.02. The molecule has 0 amide bonds. The first-order chi connectivity index (χ1) is 7.92. The maximum atomic E-state index is 9.16. The van der Waals surface area contributed by atoms with Gasteiger partial charge in [0.2, 0.25) is 0 Å². The van der Waals surface area contributed by atoms with Crippen LogP contribution in [0.25, 0.3) is 0 Å². The molecule has 0 aromatic heterocycles. The maximum Gasteiger partial charge on any atom is 0.0606 e. The molecule has 0 atom stereocenters. The second-order valence-electron chi connectivity index (χ2n) is 5.86. The summed E-state index contributed by atoms with van der Waals surface area (Å²) in [5.74, 6) is 0. The molecule has 0 radical (unpaired) electrons. The monoisotopic (exact) mass is 235 g/mol. The third-order valence-corrected chi connectivity index (χ3v) is 2.87. The number of aryl methyl sites for hydroxylation is 1. The van der Waals surface area contributed by atoms with Gasteiger partial charge in [0.25, 0.3) is 0 Å². The Bertz CT molecular complexity index is 341. The first kappa shape index (κ1) is 14.0. The quantitative estimate of drug-likeness (QED) is 0.847. The molecule has 2 nitrogen and oxygen atoms in total. The molecule has 0 aliphatic heterocycles. The highest BCUT2D eigenvalue weighted by Gasteiger charge is 2.13. The van der Waals surface area contributed by atoms with E-state index < -0.39 is 0 Å². The van der Waals surface area contributed by atoms with Gasteiger partial charge in [0.05, 0.1) is 6.61 Å². The minimum absolute atomic E-state index is 0.206. The molecule has 1 rings (SSSR count). The molecule has 0 unspecified atom stereocenters. The van der Waals surface area contributed by atoms with E-state index in [9.17, 15) is 0 Å². The van der Waals surface area contributed by atoms with Gasteiger partial charge >= 0.3 is 0 Å². The van der Waals surface area contributed by atoms with Crippen molar-refractivity contribution in [1.82, 2.24) is 0 Å². The molecule has 0 saturated heterocycles. The van der Waals surface area contributed by atoms with E-state index in [2.05, 4.69) is 56.9 Å². The Kier molecular flexibility index (Phi) is 5.01. The molecule has 96 valence electrons. The zero-order valence-electron chi connectivity index (χ0n) is 11.5. The number of aliphatic hydroxyl groups excluding tert-OH is 1. The highest BCUT2D eigenvalue weighted by atomic mass is 16.3. The number of hydrogen-bond donors (Lipinski definition) is 1. The van der Waals surface area contributed by atoms with Gasteiger partial charge in [-0.05, 0) is 36.5 Å². The zero-order valence-corrected chi connectivity index (χ0v) is 11.5. The molecule has 0 fully saturated rings. The van der Waals surface area contributed by atoms with Crippen molar-refractivity contribution < 1.29 is 5.11 Å². The Labute approximate surface area is 105 Å². The summed E-state index contributed by atoms with van der Waals surface area (Å²) in [5, 5.41) is 9.16. The second kappa shape index (κ2) is 6.06. The zero-order chi connectivity index (χ0) is 12.9. The van der Waals surface area contributed by atoms with Crippen LogP contribution in [-0.2, 0) is 0 Å². The Morgan fingerprint density at radius 1 is 1.18 bits per heavy atom. The van der Waals surface area contributed by atoms with Crippen LogP contribution >= 0.6 is 0 Å². The number of aliphatic hydroxyl groups is 1. The number of anilines is 1. The molecular formula is C15H25NO. The fourth-order valence-electron chi connectivity index (χ4n) is 1.79. The van der Waals surface area contributed by atoms with E-state index in [0.29, 0.717) is 12.0 Å². The van der Waals surface area contributed by atoms with Crippen LogP contribution in [0.1, 0.15) is 32.8 Å². The van der Waals surface area contributed by atoms with Gasteiger partial charge in [0.1, 0.15) is 0 Å². The summed E-state index contributed by atoms with van der Waals surface area (Å²) in [6.45, 7) is 10.8. The summed E-state index contributed by atoms with van der Waals surface area (Å²) >= 11 is 0. The average Bonchev–Trinajstić information content (AvgIpc) is 2.23. The normalized spacial score (nSPS) is 11.6. The molecule has 0 bridgehead atoms. The fourth-order valence-corrected chi connectivity index (χ4v) is 1.79. The van der Waals surface area contributed by atoms with Crippen LogP contribution in [0.5, 0.6) is 0 Å². The van der Waals surface area contributed by atoms with Crippen LogP contribution in [0.15, 0.2) is 24.3 Å². The van der Waals surface area contributed by atoms with Gasteiger partial charge in [-0.2, -0.15) is 0 Å². The van der Waals surface area contributed by atoms with Crippen LogP contribution in [0.3, 0.4) is 0 Å². The topological polar surface area (TPSA) is 23.5 Å². The lowest BCUT2D eigenvalue weighted by molar-refractivity contribution is 0.297. The van der Waals surface area contributed by atoms with Crippen LogP contribution in [0.4, 0.5) is 5.69 Å². The Morgan fingerprint density at radius 3 is 2.41 bits per heavy atom. The van der Waals surface area contributed by atoms with Gasteiger partial charge in [-0.1, -0.05) is 32.9 Å². The van der Waals surface area contributed by atoms with E-state index in [1.165, 1.54) is 11.3 Å². The van der Waals surface area contributed by atoms with Crippen LogP contribution in [0.2, 0.25) is 0 Å². The lowest BCUT2D eigenvalue weighted by Crippen LogP contribution is -2.30. The predicted molar refractivity (Wildman–Crippen MR) is 74.5 cm³/mol. The van der Waals surface area contributed by atoms with Gasteiger partial charge in [0.15, 0.2) is 0 Å². The SMILES string of the molecule is Cc1cccc(N(CCO)CCC(C)(C)C)c1. The first-order valence-electron chi connectivity index (χ1n) is 6.35. The average molecular weight is 235 g/mol. The lowest BCUT2D eigenvalue weighted by atomic mass is 9.92. The van der Waals surface area contributed by atoms with Gasteiger partial charge < -0.3 is 10.0 Å². The first-order valence-corrected chi connectivity index (χ1v) is 6.35. The van der Waals surface area contributed by atoms with Crippen LogP contribution in [-0.4, -0.2) is 24.8 Å². The molecule has 1 aromatic carbocycles. The molecule has 0 aliphatic rings. The Morgan fingerprint density at radius 2 is 1.88 bits per heavy atom. The van der Waals surface area contributed by atoms with E-state index in [-0.39, 0.29) is 6.61 Å². The minimum Gasteiger partial charge on any atom is -0.395 e. The van der Waals surface area contributed by atoms with E-state index in [1.807, 2.05) is 0 Å². The van der Waals surface area contributed by atoms with Gasteiger partial charge in [-0.15, -0.1) is 0 Å². The largest absolute Gasteiger partial charge is 0.395 e. The molecule has 0 aliphatic carbocycles. The molecule has 1 N–H and O–H groups in total. The molecule has 1 aromatic rings. The summed E-state index contributed by atoms with van der Waals surface area (Å²) in [4.78, 5) is 2.26.